The monoisotopic (exact) mass is 482 g/mol. The molecule has 2 aliphatic rings. The van der Waals surface area contributed by atoms with Crippen molar-refractivity contribution in [3.05, 3.63) is 23.3 Å². The van der Waals surface area contributed by atoms with Crippen LogP contribution in [-0.4, -0.2) is 66.4 Å². The molecule has 0 aromatic heterocycles. The molecular formula is C24H36F2N4O4. The van der Waals surface area contributed by atoms with Gasteiger partial charge in [0.15, 0.2) is 5.60 Å². The smallest absolute Gasteiger partial charge is 0.270 e. The van der Waals surface area contributed by atoms with Crippen LogP contribution < -0.4 is 20.7 Å². The number of nitrogens with two attached hydrogens (primary N) is 1. The number of nitrogens with zero attached hydrogens (tertiary/aromatic N) is 2. The average Bonchev–Trinajstić information content (AvgIpc) is 2.78. The number of carbonyl (C=O) groups is 3. The molecule has 0 radical (unpaired) electrons. The summed E-state index contributed by atoms with van der Waals surface area (Å²) in [6.07, 6.45) is -2.19. The Morgan fingerprint density at radius 3 is 2.53 bits per heavy atom. The predicted molar refractivity (Wildman–Crippen MR) is 126 cm³/mol. The Morgan fingerprint density at radius 2 is 1.94 bits per heavy atom. The minimum atomic E-state index is -2.65. The number of hydrogen-bond acceptors (Lipinski definition) is 5. The molecule has 3 rings (SSSR count). The molecule has 3 amide bonds. The van der Waals surface area contributed by atoms with Crippen molar-refractivity contribution in [2.75, 3.05) is 24.5 Å². The number of carbonyl (C=O) groups excluding carboxylic acids is 3. The quantitative estimate of drug-likeness (QED) is 0.622. The van der Waals surface area contributed by atoms with E-state index in [1.165, 1.54) is 4.90 Å². The standard InChI is InChI=1S/C22H30F2N4O4.C2H6/c1-12-7-14-8-17-16(9-15(14)20(30)28(12)13(2)10-25)27(21(31)22(3,4)32-17)6-5-19(29)26-11-18(23)24;1-2/h8-9,12-13,18H,5-7,10-11,25H2,1-4H3,(H,26,29);1-2H3/t12?,13-;/m1./s1. The molecule has 34 heavy (non-hydrogen) atoms. The number of rotatable bonds is 7. The highest BCUT2D eigenvalue weighted by Crippen LogP contribution is 2.41. The predicted octanol–water partition coefficient (Wildman–Crippen LogP) is 2.72. The van der Waals surface area contributed by atoms with Gasteiger partial charge in [0.1, 0.15) is 5.75 Å². The fourth-order valence-electron chi connectivity index (χ4n) is 4.24. The zero-order valence-electron chi connectivity index (χ0n) is 20.8. The van der Waals surface area contributed by atoms with Crippen LogP contribution in [0, 0.1) is 0 Å². The third-order valence-electron chi connectivity index (χ3n) is 5.89. The molecule has 0 saturated heterocycles. The number of amides is 3. The van der Waals surface area contributed by atoms with Crippen LogP contribution in [-0.2, 0) is 16.0 Å². The maximum atomic E-state index is 13.2. The van der Waals surface area contributed by atoms with Gasteiger partial charge in [-0.15, -0.1) is 0 Å². The summed E-state index contributed by atoms with van der Waals surface area (Å²) in [6.45, 7) is 10.7. The van der Waals surface area contributed by atoms with Gasteiger partial charge in [0.05, 0.1) is 12.2 Å². The summed E-state index contributed by atoms with van der Waals surface area (Å²) in [7, 11) is 0. The van der Waals surface area contributed by atoms with Crippen LogP contribution in [0.1, 0.15) is 63.9 Å². The van der Waals surface area contributed by atoms with Gasteiger partial charge in [-0.3, -0.25) is 14.4 Å². The number of fused-ring (bicyclic) bond motifs is 2. The van der Waals surface area contributed by atoms with E-state index in [1.807, 2.05) is 27.7 Å². The summed E-state index contributed by atoms with van der Waals surface area (Å²) in [6, 6.07) is 3.22. The SMILES string of the molecule is CC.CC1Cc2cc3c(cc2C(=O)N1[C@H](C)CN)N(CCC(=O)NCC(F)F)C(=O)C(C)(C)O3. The largest absolute Gasteiger partial charge is 0.476 e. The van der Waals surface area contributed by atoms with Crippen molar-refractivity contribution in [1.29, 1.82) is 0 Å². The Kier molecular flexibility index (Phi) is 8.99. The first-order chi connectivity index (χ1) is 16.0. The first-order valence-corrected chi connectivity index (χ1v) is 11.7. The summed E-state index contributed by atoms with van der Waals surface area (Å²) < 4.78 is 30.6. The van der Waals surface area contributed by atoms with Crippen LogP contribution in [0.2, 0.25) is 0 Å². The molecule has 190 valence electrons. The summed E-state index contributed by atoms with van der Waals surface area (Å²) in [5, 5.41) is 2.14. The Morgan fingerprint density at radius 1 is 1.29 bits per heavy atom. The summed E-state index contributed by atoms with van der Waals surface area (Å²) >= 11 is 0. The van der Waals surface area contributed by atoms with Gasteiger partial charge in [0.25, 0.3) is 18.2 Å². The topological polar surface area (TPSA) is 105 Å². The van der Waals surface area contributed by atoms with E-state index in [0.29, 0.717) is 30.0 Å². The number of halogens is 2. The molecule has 1 aromatic carbocycles. The van der Waals surface area contributed by atoms with Crippen molar-refractivity contribution in [3.63, 3.8) is 0 Å². The molecule has 0 bridgehead atoms. The highest BCUT2D eigenvalue weighted by atomic mass is 19.3. The molecule has 8 nitrogen and oxygen atoms in total. The molecule has 2 atom stereocenters. The molecule has 3 N–H and O–H groups in total. The lowest BCUT2D eigenvalue weighted by atomic mass is 9.90. The number of benzene rings is 1. The Bertz CT molecular complexity index is 922. The third kappa shape index (κ3) is 5.65. The van der Waals surface area contributed by atoms with Gasteiger partial charge in [0, 0.05) is 37.2 Å². The first kappa shape index (κ1) is 27.5. The molecule has 10 heteroatoms. The lowest BCUT2D eigenvalue weighted by Crippen LogP contribution is -2.54. The maximum Gasteiger partial charge on any atom is 0.270 e. The molecule has 1 unspecified atom stereocenters. The second-order valence-corrected chi connectivity index (χ2v) is 8.84. The summed E-state index contributed by atoms with van der Waals surface area (Å²) in [4.78, 5) is 41.4. The van der Waals surface area contributed by atoms with Gasteiger partial charge in [-0.2, -0.15) is 0 Å². The number of hydrogen-bond donors (Lipinski definition) is 2. The van der Waals surface area contributed by atoms with E-state index in [9.17, 15) is 23.2 Å². The third-order valence-corrected chi connectivity index (χ3v) is 5.89. The van der Waals surface area contributed by atoms with E-state index < -0.39 is 24.5 Å². The molecule has 0 saturated carbocycles. The maximum absolute atomic E-state index is 13.2. The highest BCUT2D eigenvalue weighted by Gasteiger charge is 2.43. The molecule has 2 aliphatic heterocycles. The number of anilines is 1. The van der Waals surface area contributed by atoms with Crippen LogP contribution in [0.3, 0.4) is 0 Å². The first-order valence-electron chi connectivity index (χ1n) is 11.7. The van der Waals surface area contributed by atoms with E-state index in [-0.39, 0.29) is 36.9 Å². The van der Waals surface area contributed by atoms with Crippen LogP contribution in [0.25, 0.3) is 0 Å². The van der Waals surface area contributed by atoms with E-state index >= 15 is 0 Å². The number of nitrogens with one attached hydrogen (secondary N) is 1. The lowest BCUT2D eigenvalue weighted by Gasteiger charge is -2.42. The minimum absolute atomic E-state index is 0.0278. The number of alkyl halides is 2. The zero-order chi connectivity index (χ0) is 25.8. The number of ether oxygens (including phenoxy) is 1. The van der Waals surface area contributed by atoms with Gasteiger partial charge in [-0.25, -0.2) is 8.78 Å². The van der Waals surface area contributed by atoms with Crippen molar-refractivity contribution >= 4 is 23.4 Å². The van der Waals surface area contributed by atoms with Gasteiger partial charge < -0.3 is 25.6 Å². The van der Waals surface area contributed by atoms with Crippen LogP contribution in [0.15, 0.2) is 12.1 Å². The van der Waals surface area contributed by atoms with E-state index in [1.54, 1.807) is 30.9 Å². The van der Waals surface area contributed by atoms with E-state index in [0.717, 1.165) is 5.56 Å². The molecule has 1 aromatic rings. The Hall–Kier alpha value is -2.75. The average molecular weight is 483 g/mol. The fraction of sp³-hybridized carbons (Fsp3) is 0.625. The van der Waals surface area contributed by atoms with Crippen molar-refractivity contribution in [2.24, 2.45) is 5.73 Å². The second-order valence-electron chi connectivity index (χ2n) is 8.84. The zero-order valence-corrected chi connectivity index (χ0v) is 20.8. The van der Waals surface area contributed by atoms with Crippen LogP contribution in [0.5, 0.6) is 5.75 Å². The summed E-state index contributed by atoms with van der Waals surface area (Å²) in [5.74, 6) is -0.696. The van der Waals surface area contributed by atoms with Crippen LogP contribution in [0.4, 0.5) is 14.5 Å². The second kappa shape index (κ2) is 11.1. The van der Waals surface area contributed by atoms with Crippen molar-refractivity contribution in [2.45, 2.75) is 78.5 Å². The fourth-order valence-corrected chi connectivity index (χ4v) is 4.24. The van der Waals surface area contributed by atoms with E-state index in [2.05, 4.69) is 5.32 Å². The molecule has 0 spiro atoms. The van der Waals surface area contributed by atoms with E-state index in [4.69, 9.17) is 10.5 Å². The van der Waals surface area contributed by atoms with Gasteiger partial charge in [-0.1, -0.05) is 13.8 Å². The molecule has 0 fully saturated rings. The van der Waals surface area contributed by atoms with Crippen molar-refractivity contribution in [3.8, 4) is 5.75 Å². The van der Waals surface area contributed by atoms with Gasteiger partial charge in [0.2, 0.25) is 5.91 Å². The lowest BCUT2D eigenvalue weighted by molar-refractivity contribution is -0.132. The molecule has 2 heterocycles. The molecular weight excluding hydrogens is 446 g/mol. The van der Waals surface area contributed by atoms with Crippen LogP contribution >= 0.6 is 0 Å². The van der Waals surface area contributed by atoms with Crippen molar-refractivity contribution in [1.82, 2.24) is 10.2 Å². The minimum Gasteiger partial charge on any atom is -0.476 e. The van der Waals surface area contributed by atoms with Gasteiger partial charge >= 0.3 is 0 Å². The molecule has 0 aliphatic carbocycles. The normalized spacial score (nSPS) is 19.5. The van der Waals surface area contributed by atoms with Crippen molar-refractivity contribution < 1.29 is 27.9 Å². The summed E-state index contributed by atoms with van der Waals surface area (Å²) in [5.41, 5.74) is 6.28. The van der Waals surface area contributed by atoms with Gasteiger partial charge in [-0.05, 0) is 51.8 Å². The Labute approximate surface area is 199 Å². The Balaban J connectivity index is 0.00000199. The highest BCUT2D eigenvalue weighted by molar-refractivity contribution is 6.05.